The van der Waals surface area contributed by atoms with Crippen LogP contribution in [0.15, 0.2) is 16.4 Å². The largest absolute Gasteiger partial charge is 0.434 e. The fraction of sp³-hybridized carbons (Fsp3) is 0.333. The van der Waals surface area contributed by atoms with Crippen LogP contribution in [-0.4, -0.2) is 11.8 Å². The summed E-state index contributed by atoms with van der Waals surface area (Å²) in [6, 6.07) is 2.03. The van der Waals surface area contributed by atoms with Gasteiger partial charge in [-0.2, -0.15) is 4.99 Å². The van der Waals surface area contributed by atoms with Gasteiger partial charge in [0, 0.05) is 10.4 Å². The lowest BCUT2D eigenvalue weighted by atomic mass is 9.95. The summed E-state index contributed by atoms with van der Waals surface area (Å²) in [5, 5.41) is 2.04. The molecule has 0 bridgehead atoms. The van der Waals surface area contributed by atoms with Gasteiger partial charge < -0.3 is 4.74 Å². The zero-order chi connectivity index (χ0) is 8.84. The number of ether oxygens (including phenoxy) is 1. The van der Waals surface area contributed by atoms with E-state index in [1.54, 1.807) is 11.3 Å². The minimum absolute atomic E-state index is 0.164. The van der Waals surface area contributed by atoms with Crippen LogP contribution in [0.3, 0.4) is 0 Å². The molecular formula is C9H7NO2S. The lowest BCUT2D eigenvalue weighted by molar-refractivity contribution is 0.148. The first-order chi connectivity index (χ1) is 6.34. The van der Waals surface area contributed by atoms with Gasteiger partial charge in [-0.15, -0.1) is 11.3 Å². The van der Waals surface area contributed by atoms with E-state index >= 15 is 0 Å². The van der Waals surface area contributed by atoms with Gasteiger partial charge in [-0.25, -0.2) is 4.79 Å². The van der Waals surface area contributed by atoms with Crippen molar-refractivity contribution in [1.82, 2.24) is 0 Å². The molecule has 3 rings (SSSR count). The average molecular weight is 193 g/mol. The second-order valence-corrected chi connectivity index (χ2v) is 4.17. The molecular weight excluding hydrogens is 186 g/mol. The van der Waals surface area contributed by atoms with Gasteiger partial charge in [0.1, 0.15) is 0 Å². The molecule has 0 radical (unpaired) electrons. The molecule has 0 aromatic carbocycles. The maximum atomic E-state index is 10.9. The number of hydrogen-bond acceptors (Lipinski definition) is 3. The van der Waals surface area contributed by atoms with E-state index in [1.807, 2.05) is 11.4 Å². The fourth-order valence-electron chi connectivity index (χ4n) is 1.83. The number of aliphatic imine (C=N–C) groups is 1. The van der Waals surface area contributed by atoms with Crippen molar-refractivity contribution in [2.45, 2.75) is 18.9 Å². The van der Waals surface area contributed by atoms with Gasteiger partial charge in [0.25, 0.3) is 0 Å². The molecule has 13 heavy (non-hydrogen) atoms. The molecule has 3 nitrogen and oxygen atoms in total. The summed E-state index contributed by atoms with van der Waals surface area (Å²) < 4.78 is 5.11. The van der Waals surface area contributed by atoms with Crippen LogP contribution in [0.2, 0.25) is 0 Å². The van der Waals surface area contributed by atoms with E-state index in [2.05, 4.69) is 4.99 Å². The van der Waals surface area contributed by atoms with E-state index in [0.717, 1.165) is 24.1 Å². The van der Waals surface area contributed by atoms with Gasteiger partial charge in [-0.3, -0.25) is 0 Å². The highest BCUT2D eigenvalue weighted by Crippen LogP contribution is 2.36. The normalized spacial score (nSPS) is 24.8. The molecule has 1 atom stereocenters. The second-order valence-electron chi connectivity index (χ2n) is 3.17. The molecule has 0 saturated heterocycles. The first-order valence-corrected chi connectivity index (χ1v) is 5.07. The summed E-state index contributed by atoms with van der Waals surface area (Å²) in [7, 11) is 0. The number of carbonyl (C=O) groups excluding carboxylic acids is 1. The number of carbonyl (C=O) groups is 1. The Morgan fingerprint density at radius 1 is 1.54 bits per heavy atom. The van der Waals surface area contributed by atoms with Crippen LogP contribution >= 0.6 is 11.3 Å². The smallest absolute Gasteiger partial charge is 0.433 e. The lowest BCUT2D eigenvalue weighted by Gasteiger charge is -2.17. The third kappa shape index (κ3) is 0.951. The standard InChI is InChI=1S/C9H7NO2S/c11-9-10-6-1-2-7-5(3-4-13-7)8(6)12-9/h3-4,8H,1-2H2. The molecule has 1 unspecified atom stereocenters. The van der Waals surface area contributed by atoms with Crippen LogP contribution in [0.1, 0.15) is 23.0 Å². The molecule has 1 aliphatic carbocycles. The SMILES string of the molecule is O=C1N=C2CCc3sccc3C2O1. The van der Waals surface area contributed by atoms with E-state index < -0.39 is 6.09 Å². The molecule has 0 saturated carbocycles. The molecule has 0 spiro atoms. The number of hydrogen-bond donors (Lipinski definition) is 0. The number of thiophene rings is 1. The average Bonchev–Trinajstić information content (AvgIpc) is 2.65. The lowest BCUT2D eigenvalue weighted by Crippen LogP contribution is -2.16. The number of nitrogens with zero attached hydrogens (tertiary/aromatic N) is 1. The summed E-state index contributed by atoms with van der Waals surface area (Å²) in [4.78, 5) is 16.1. The maximum absolute atomic E-state index is 10.9. The molecule has 0 fully saturated rings. The Bertz CT molecular complexity index is 408. The van der Waals surface area contributed by atoms with Crippen molar-refractivity contribution in [3.63, 3.8) is 0 Å². The monoisotopic (exact) mass is 193 g/mol. The van der Waals surface area contributed by atoms with E-state index in [4.69, 9.17) is 4.74 Å². The number of rotatable bonds is 0. The zero-order valence-electron chi connectivity index (χ0n) is 6.82. The Labute approximate surface area is 79.1 Å². The Morgan fingerprint density at radius 2 is 2.46 bits per heavy atom. The molecule has 1 aliphatic heterocycles. The van der Waals surface area contributed by atoms with Gasteiger partial charge in [0.2, 0.25) is 0 Å². The van der Waals surface area contributed by atoms with Gasteiger partial charge in [0.05, 0.1) is 5.71 Å². The van der Waals surface area contributed by atoms with E-state index in [-0.39, 0.29) is 6.10 Å². The zero-order valence-corrected chi connectivity index (χ0v) is 7.63. The van der Waals surface area contributed by atoms with Crippen LogP contribution in [0.25, 0.3) is 0 Å². The predicted molar refractivity (Wildman–Crippen MR) is 49.3 cm³/mol. The highest BCUT2D eigenvalue weighted by Gasteiger charge is 2.34. The Morgan fingerprint density at radius 3 is 3.38 bits per heavy atom. The minimum Gasteiger partial charge on any atom is -0.433 e. The molecule has 66 valence electrons. The van der Waals surface area contributed by atoms with Gasteiger partial charge in [-0.05, 0) is 24.3 Å². The van der Waals surface area contributed by atoms with Crippen molar-refractivity contribution in [2.24, 2.45) is 4.99 Å². The maximum Gasteiger partial charge on any atom is 0.434 e. The third-order valence-corrected chi connectivity index (χ3v) is 3.42. The summed E-state index contributed by atoms with van der Waals surface area (Å²) in [5.74, 6) is 0. The van der Waals surface area contributed by atoms with Crippen LogP contribution in [0.5, 0.6) is 0 Å². The highest BCUT2D eigenvalue weighted by molar-refractivity contribution is 7.10. The molecule has 4 heteroatoms. The highest BCUT2D eigenvalue weighted by atomic mass is 32.1. The number of amides is 1. The first-order valence-electron chi connectivity index (χ1n) is 4.19. The third-order valence-electron chi connectivity index (χ3n) is 2.43. The van der Waals surface area contributed by atoms with E-state index in [0.29, 0.717) is 0 Å². The second kappa shape index (κ2) is 2.42. The van der Waals surface area contributed by atoms with E-state index in [9.17, 15) is 4.79 Å². The van der Waals surface area contributed by atoms with Crippen LogP contribution in [0, 0.1) is 0 Å². The Balaban J connectivity index is 2.11. The summed E-state index contributed by atoms with van der Waals surface area (Å²) in [6.45, 7) is 0. The molecule has 1 aromatic heterocycles. The molecule has 0 N–H and O–H groups in total. The van der Waals surface area contributed by atoms with Crippen LogP contribution < -0.4 is 0 Å². The fourth-order valence-corrected chi connectivity index (χ4v) is 2.74. The molecule has 2 aliphatic rings. The van der Waals surface area contributed by atoms with Crippen molar-refractivity contribution in [3.05, 3.63) is 21.9 Å². The van der Waals surface area contributed by atoms with E-state index in [1.165, 1.54) is 4.88 Å². The molecule has 1 aromatic rings. The molecule has 2 heterocycles. The van der Waals surface area contributed by atoms with Crippen molar-refractivity contribution in [1.29, 1.82) is 0 Å². The summed E-state index contributed by atoms with van der Waals surface area (Å²) in [5.41, 5.74) is 2.04. The van der Waals surface area contributed by atoms with Crippen molar-refractivity contribution >= 4 is 23.1 Å². The Kier molecular flexibility index (Phi) is 1.35. The van der Waals surface area contributed by atoms with Gasteiger partial charge in [0.15, 0.2) is 6.10 Å². The quantitative estimate of drug-likeness (QED) is 0.634. The van der Waals surface area contributed by atoms with Crippen molar-refractivity contribution < 1.29 is 9.53 Å². The van der Waals surface area contributed by atoms with Crippen molar-refractivity contribution in [2.75, 3.05) is 0 Å². The Hall–Kier alpha value is -1.16. The summed E-state index contributed by atoms with van der Waals surface area (Å²) in [6.07, 6.45) is 1.27. The van der Waals surface area contributed by atoms with Gasteiger partial charge in [-0.1, -0.05) is 0 Å². The van der Waals surface area contributed by atoms with Crippen LogP contribution in [0.4, 0.5) is 4.79 Å². The number of fused-ring (bicyclic) bond motifs is 3. The first kappa shape index (κ1) is 7.26. The summed E-state index contributed by atoms with van der Waals surface area (Å²) >= 11 is 1.73. The molecule has 1 amide bonds. The topological polar surface area (TPSA) is 38.7 Å². The van der Waals surface area contributed by atoms with Crippen molar-refractivity contribution in [3.8, 4) is 0 Å². The predicted octanol–water partition coefficient (Wildman–Crippen LogP) is 2.33. The minimum atomic E-state index is -0.431. The number of aryl methyl sites for hydroxylation is 1. The van der Waals surface area contributed by atoms with Gasteiger partial charge >= 0.3 is 6.09 Å². The van der Waals surface area contributed by atoms with Crippen LogP contribution in [-0.2, 0) is 11.2 Å².